The molecule has 0 aromatic heterocycles. The van der Waals surface area contributed by atoms with Gasteiger partial charge in [-0.3, -0.25) is 9.59 Å². The number of amides is 3. The number of rotatable bonds is 7. The molecule has 2 rings (SSSR count). The molecule has 0 bridgehead atoms. The zero-order valence-electron chi connectivity index (χ0n) is 17.3. The fraction of sp³-hybridized carbons (Fsp3) is 0.318. The molecule has 3 N–H and O–H groups in total. The number of benzene rings is 2. The lowest BCUT2D eigenvalue weighted by atomic mass is 10.1. The van der Waals surface area contributed by atoms with Crippen molar-refractivity contribution in [2.75, 3.05) is 11.9 Å². The first kappa shape index (κ1) is 23.2. The topological polar surface area (TPSA) is 96.5 Å². The van der Waals surface area contributed by atoms with Crippen LogP contribution in [0.25, 0.3) is 0 Å². The first-order valence-electron chi connectivity index (χ1n) is 9.49. The number of hydrogen-bond donors (Lipinski definition) is 3. The fourth-order valence-corrected chi connectivity index (χ4v) is 2.73. The van der Waals surface area contributed by atoms with Gasteiger partial charge in [-0.15, -0.1) is 0 Å². The first-order chi connectivity index (χ1) is 14.1. The van der Waals surface area contributed by atoms with Gasteiger partial charge in [-0.05, 0) is 44.0 Å². The Hall–Kier alpha value is -3.06. The van der Waals surface area contributed by atoms with Crippen molar-refractivity contribution in [1.29, 1.82) is 0 Å². The van der Waals surface area contributed by atoms with E-state index >= 15 is 0 Å². The van der Waals surface area contributed by atoms with E-state index in [-0.39, 0.29) is 25.4 Å². The highest BCUT2D eigenvalue weighted by molar-refractivity contribution is 6.31. The molecule has 160 valence electrons. The molecule has 0 heterocycles. The van der Waals surface area contributed by atoms with Crippen LogP contribution in [0.4, 0.5) is 10.5 Å². The summed E-state index contributed by atoms with van der Waals surface area (Å²) in [5.41, 5.74) is 1.38. The van der Waals surface area contributed by atoms with Crippen molar-refractivity contribution >= 4 is 35.2 Å². The number of hydrogen-bond acceptors (Lipinski definition) is 4. The minimum atomic E-state index is -0.669. The van der Waals surface area contributed by atoms with Gasteiger partial charge in [0.15, 0.2) is 0 Å². The zero-order valence-corrected chi connectivity index (χ0v) is 18.0. The Kier molecular flexibility index (Phi) is 8.24. The van der Waals surface area contributed by atoms with Crippen molar-refractivity contribution in [3.8, 4) is 0 Å². The van der Waals surface area contributed by atoms with E-state index in [1.165, 1.54) is 0 Å². The second kappa shape index (κ2) is 10.6. The Balaban J connectivity index is 1.88. The van der Waals surface area contributed by atoms with E-state index in [1.54, 1.807) is 57.2 Å². The van der Waals surface area contributed by atoms with Crippen LogP contribution in [0.5, 0.6) is 0 Å². The highest BCUT2D eigenvalue weighted by Gasteiger charge is 2.17. The summed E-state index contributed by atoms with van der Waals surface area (Å²) in [7, 11) is 0. The molecule has 0 fully saturated rings. The summed E-state index contributed by atoms with van der Waals surface area (Å²) in [6.45, 7) is 5.22. The van der Waals surface area contributed by atoms with Gasteiger partial charge in [0.2, 0.25) is 11.8 Å². The van der Waals surface area contributed by atoms with Crippen molar-refractivity contribution < 1.29 is 19.1 Å². The van der Waals surface area contributed by atoms with Gasteiger partial charge < -0.3 is 20.7 Å². The van der Waals surface area contributed by atoms with Crippen molar-refractivity contribution in [1.82, 2.24) is 10.6 Å². The summed E-state index contributed by atoms with van der Waals surface area (Å²) in [6, 6.07) is 14.3. The van der Waals surface area contributed by atoms with Crippen LogP contribution in [0.3, 0.4) is 0 Å². The SMILES string of the molecule is CC(C)(C)OC(=O)NCC(=O)Nc1ccccc1CNC(=O)Cc1ccccc1Cl. The second-order valence-electron chi connectivity index (χ2n) is 7.61. The van der Waals surface area contributed by atoms with Crippen molar-refractivity contribution in [2.45, 2.75) is 39.3 Å². The zero-order chi connectivity index (χ0) is 22.1. The molecule has 7 nitrogen and oxygen atoms in total. The largest absolute Gasteiger partial charge is 0.444 e. The number of carbonyl (C=O) groups excluding carboxylic acids is 3. The smallest absolute Gasteiger partial charge is 0.408 e. The molecule has 0 atom stereocenters. The van der Waals surface area contributed by atoms with Crippen molar-refractivity contribution in [3.63, 3.8) is 0 Å². The number of ether oxygens (including phenoxy) is 1. The molecule has 0 radical (unpaired) electrons. The van der Waals surface area contributed by atoms with Gasteiger partial charge in [0.1, 0.15) is 12.1 Å². The lowest BCUT2D eigenvalue weighted by Crippen LogP contribution is -2.37. The van der Waals surface area contributed by atoms with Crippen molar-refractivity contribution in [3.05, 3.63) is 64.7 Å². The number of alkyl carbamates (subject to hydrolysis) is 1. The standard InChI is InChI=1S/C22H26ClN3O4/c1-22(2,3)30-21(29)25-14-20(28)26-18-11-7-5-9-16(18)13-24-19(27)12-15-8-4-6-10-17(15)23/h4-11H,12-14H2,1-3H3,(H,24,27)(H,25,29)(H,26,28). The Morgan fingerprint density at radius 3 is 2.20 bits per heavy atom. The van der Waals surface area contributed by atoms with Gasteiger partial charge >= 0.3 is 6.09 Å². The molecule has 0 aliphatic heterocycles. The molecule has 0 saturated carbocycles. The predicted octanol–water partition coefficient (Wildman–Crippen LogP) is 3.66. The summed E-state index contributed by atoms with van der Waals surface area (Å²) >= 11 is 6.09. The van der Waals surface area contributed by atoms with Crippen LogP contribution in [0.15, 0.2) is 48.5 Å². The fourth-order valence-electron chi connectivity index (χ4n) is 2.53. The first-order valence-corrected chi connectivity index (χ1v) is 9.86. The third-order valence-corrected chi connectivity index (χ3v) is 4.24. The van der Waals surface area contributed by atoms with Gasteiger partial charge in [-0.25, -0.2) is 4.79 Å². The van der Waals surface area contributed by atoms with Gasteiger partial charge in [0.25, 0.3) is 0 Å². The molecular weight excluding hydrogens is 406 g/mol. The van der Waals surface area contributed by atoms with Crippen LogP contribution in [-0.2, 0) is 27.3 Å². The highest BCUT2D eigenvalue weighted by Crippen LogP contribution is 2.17. The number of nitrogens with one attached hydrogen (secondary N) is 3. The van der Waals surface area contributed by atoms with E-state index in [0.29, 0.717) is 10.7 Å². The Bertz CT molecular complexity index is 909. The van der Waals surface area contributed by atoms with Crippen LogP contribution in [-0.4, -0.2) is 30.1 Å². The van der Waals surface area contributed by atoms with E-state index in [1.807, 2.05) is 12.1 Å². The van der Waals surface area contributed by atoms with Gasteiger partial charge in [-0.1, -0.05) is 48.0 Å². The summed E-state index contributed by atoms with van der Waals surface area (Å²) in [4.78, 5) is 36.1. The Morgan fingerprint density at radius 2 is 1.53 bits per heavy atom. The molecule has 30 heavy (non-hydrogen) atoms. The number of carbonyl (C=O) groups is 3. The van der Waals surface area contributed by atoms with Crippen LogP contribution >= 0.6 is 11.6 Å². The van der Waals surface area contributed by atoms with E-state index in [9.17, 15) is 14.4 Å². The number of para-hydroxylation sites is 1. The molecule has 0 unspecified atom stereocenters. The quantitative estimate of drug-likeness (QED) is 0.623. The molecule has 2 aromatic rings. The van der Waals surface area contributed by atoms with E-state index in [0.717, 1.165) is 11.1 Å². The third-order valence-electron chi connectivity index (χ3n) is 3.87. The monoisotopic (exact) mass is 431 g/mol. The minimum Gasteiger partial charge on any atom is -0.444 e. The Labute approximate surface area is 181 Å². The molecular formula is C22H26ClN3O4. The van der Waals surface area contributed by atoms with Crippen LogP contribution in [0.2, 0.25) is 5.02 Å². The average Bonchev–Trinajstić information content (AvgIpc) is 2.66. The summed E-state index contributed by atoms with van der Waals surface area (Å²) < 4.78 is 5.10. The van der Waals surface area contributed by atoms with Gasteiger partial charge in [-0.2, -0.15) is 0 Å². The molecule has 3 amide bonds. The van der Waals surface area contributed by atoms with Gasteiger partial charge in [0.05, 0.1) is 6.42 Å². The molecule has 0 saturated heterocycles. The summed E-state index contributed by atoms with van der Waals surface area (Å²) in [5.74, 6) is -0.591. The normalized spacial score (nSPS) is 10.8. The molecule has 0 aliphatic carbocycles. The molecule has 2 aromatic carbocycles. The van der Waals surface area contributed by atoms with Crippen LogP contribution in [0.1, 0.15) is 31.9 Å². The van der Waals surface area contributed by atoms with E-state index in [2.05, 4.69) is 16.0 Å². The van der Waals surface area contributed by atoms with E-state index < -0.39 is 17.6 Å². The highest BCUT2D eigenvalue weighted by atomic mass is 35.5. The molecule has 8 heteroatoms. The number of anilines is 1. The predicted molar refractivity (Wildman–Crippen MR) is 116 cm³/mol. The summed E-state index contributed by atoms with van der Waals surface area (Å²) in [5, 5.41) is 8.50. The Morgan fingerprint density at radius 1 is 0.900 bits per heavy atom. The third kappa shape index (κ3) is 8.13. The maximum absolute atomic E-state index is 12.2. The van der Waals surface area contributed by atoms with Crippen LogP contribution in [0, 0.1) is 0 Å². The summed E-state index contributed by atoms with van der Waals surface area (Å²) in [6.07, 6.45) is -0.508. The van der Waals surface area contributed by atoms with Crippen LogP contribution < -0.4 is 16.0 Å². The second-order valence-corrected chi connectivity index (χ2v) is 8.01. The van der Waals surface area contributed by atoms with Crippen molar-refractivity contribution in [2.24, 2.45) is 0 Å². The maximum Gasteiger partial charge on any atom is 0.408 e. The maximum atomic E-state index is 12.2. The average molecular weight is 432 g/mol. The lowest BCUT2D eigenvalue weighted by Gasteiger charge is -2.19. The van der Waals surface area contributed by atoms with E-state index in [4.69, 9.17) is 16.3 Å². The molecule has 0 aliphatic rings. The van der Waals surface area contributed by atoms with Gasteiger partial charge in [0, 0.05) is 17.3 Å². The lowest BCUT2D eigenvalue weighted by molar-refractivity contribution is -0.120. The molecule has 0 spiro atoms. The minimum absolute atomic E-state index is 0.161. The number of halogens is 1.